The Hall–Kier alpha value is -0.650. The number of nitrogens with two attached hydrogens (primary N) is 1. The van der Waals surface area contributed by atoms with Gasteiger partial charge < -0.3 is 20.9 Å². The van der Waals surface area contributed by atoms with Crippen LogP contribution in [0.5, 0.6) is 0 Å². The summed E-state index contributed by atoms with van der Waals surface area (Å²) < 4.78 is 0. The minimum atomic E-state index is -0.563. The quantitative estimate of drug-likeness (QED) is 0.642. The lowest BCUT2D eigenvalue weighted by Crippen LogP contribution is -2.51. The summed E-state index contributed by atoms with van der Waals surface area (Å²) >= 11 is 0. The monoisotopic (exact) mass is 284 g/mol. The summed E-state index contributed by atoms with van der Waals surface area (Å²) in [5, 5.41) is 3.04. The van der Waals surface area contributed by atoms with Gasteiger partial charge in [0, 0.05) is 6.04 Å². The van der Waals surface area contributed by atoms with E-state index in [1.807, 2.05) is 6.92 Å². The van der Waals surface area contributed by atoms with Crippen LogP contribution < -0.4 is 11.1 Å². The number of hydrogen-bond acceptors (Lipinski definition) is 4. The maximum absolute atomic E-state index is 11.4. The van der Waals surface area contributed by atoms with Crippen molar-refractivity contribution < 1.29 is 4.79 Å². The molecule has 0 aromatic carbocycles. The molecule has 5 nitrogen and oxygen atoms in total. The van der Waals surface area contributed by atoms with Crippen LogP contribution in [0.15, 0.2) is 0 Å². The number of hydrogen-bond donors (Lipinski definition) is 2. The molecule has 20 heavy (non-hydrogen) atoms. The van der Waals surface area contributed by atoms with Crippen molar-refractivity contribution >= 4 is 5.91 Å². The van der Waals surface area contributed by atoms with Gasteiger partial charge in [-0.1, -0.05) is 0 Å². The Morgan fingerprint density at radius 1 is 1.40 bits per heavy atom. The van der Waals surface area contributed by atoms with Crippen LogP contribution in [0, 0.1) is 0 Å². The van der Waals surface area contributed by atoms with E-state index in [0.717, 1.165) is 31.8 Å². The molecule has 3 N–H and O–H groups in total. The number of unbranched alkanes of at least 4 members (excludes halogenated alkanes) is 1. The predicted molar refractivity (Wildman–Crippen MR) is 83.7 cm³/mol. The smallest absolute Gasteiger partial charge is 0.237 e. The van der Waals surface area contributed by atoms with Gasteiger partial charge >= 0.3 is 0 Å². The van der Waals surface area contributed by atoms with E-state index >= 15 is 0 Å². The first kappa shape index (κ1) is 17.4. The van der Waals surface area contributed by atoms with Gasteiger partial charge in [0.1, 0.15) is 0 Å². The molecular weight excluding hydrogens is 252 g/mol. The number of amides is 1. The third-order valence-corrected chi connectivity index (χ3v) is 4.84. The Bertz CT molecular complexity index is 302. The van der Waals surface area contributed by atoms with Crippen LogP contribution in [0.2, 0.25) is 0 Å². The number of nitrogens with zero attached hydrogens (tertiary/aromatic N) is 2. The van der Waals surface area contributed by atoms with Crippen molar-refractivity contribution in [1.29, 1.82) is 0 Å². The number of primary amides is 1. The first-order chi connectivity index (χ1) is 9.39. The highest BCUT2D eigenvalue weighted by atomic mass is 16.1. The van der Waals surface area contributed by atoms with E-state index in [1.54, 1.807) is 7.05 Å². The zero-order valence-electron chi connectivity index (χ0n) is 13.6. The number of likely N-dealkylation sites (N-methyl/N-ethyl adjacent to an activating group) is 1. The number of rotatable bonds is 8. The van der Waals surface area contributed by atoms with Crippen LogP contribution in [0.1, 0.15) is 39.0 Å². The van der Waals surface area contributed by atoms with Crippen molar-refractivity contribution in [2.75, 3.05) is 40.8 Å². The molecule has 1 fully saturated rings. The van der Waals surface area contributed by atoms with Crippen LogP contribution in [-0.2, 0) is 4.79 Å². The van der Waals surface area contributed by atoms with E-state index in [0.29, 0.717) is 0 Å². The summed E-state index contributed by atoms with van der Waals surface area (Å²) in [5.41, 5.74) is 4.87. The van der Waals surface area contributed by atoms with Gasteiger partial charge in [-0.15, -0.1) is 0 Å². The van der Waals surface area contributed by atoms with Crippen molar-refractivity contribution in [2.45, 2.75) is 50.6 Å². The zero-order chi connectivity index (χ0) is 15.2. The molecule has 0 spiro atoms. The van der Waals surface area contributed by atoms with E-state index in [4.69, 9.17) is 5.73 Å². The second kappa shape index (κ2) is 7.96. The first-order valence-corrected chi connectivity index (χ1v) is 7.76. The standard InChI is InChI=1S/C15H32N4O/c1-15(17-2,14(16)20)9-5-6-10-19(4)13-7-11-18(3)12-8-13/h13,17H,5-12H2,1-4H3,(H2,16,20). The number of piperidine rings is 1. The summed E-state index contributed by atoms with van der Waals surface area (Å²) in [7, 11) is 6.22. The third-order valence-electron chi connectivity index (χ3n) is 4.84. The fourth-order valence-electron chi connectivity index (χ4n) is 2.83. The number of carbonyl (C=O) groups excluding carboxylic acids is 1. The molecule has 1 unspecified atom stereocenters. The van der Waals surface area contributed by atoms with Crippen molar-refractivity contribution in [3.05, 3.63) is 0 Å². The van der Waals surface area contributed by atoms with Crippen LogP contribution in [0.25, 0.3) is 0 Å². The van der Waals surface area contributed by atoms with E-state index < -0.39 is 5.54 Å². The molecule has 0 saturated carbocycles. The largest absolute Gasteiger partial charge is 0.368 e. The minimum Gasteiger partial charge on any atom is -0.368 e. The number of likely N-dealkylation sites (tertiary alicyclic amines) is 1. The summed E-state index contributed by atoms with van der Waals surface area (Å²) in [6, 6.07) is 0.720. The lowest BCUT2D eigenvalue weighted by molar-refractivity contribution is -0.123. The topological polar surface area (TPSA) is 61.6 Å². The zero-order valence-corrected chi connectivity index (χ0v) is 13.6. The van der Waals surface area contributed by atoms with Gasteiger partial charge in [0.2, 0.25) is 5.91 Å². The highest BCUT2D eigenvalue weighted by Gasteiger charge is 2.28. The van der Waals surface area contributed by atoms with Gasteiger partial charge in [-0.3, -0.25) is 4.79 Å². The summed E-state index contributed by atoms with van der Waals surface area (Å²) in [6.45, 7) is 5.39. The van der Waals surface area contributed by atoms with Gasteiger partial charge in [0.25, 0.3) is 0 Å². The Morgan fingerprint density at radius 2 is 2.00 bits per heavy atom. The van der Waals surface area contributed by atoms with Gasteiger partial charge in [-0.2, -0.15) is 0 Å². The highest BCUT2D eigenvalue weighted by Crippen LogP contribution is 2.16. The fraction of sp³-hybridized carbons (Fsp3) is 0.933. The molecule has 1 aliphatic heterocycles. The fourth-order valence-corrected chi connectivity index (χ4v) is 2.83. The molecule has 1 aliphatic rings. The van der Waals surface area contributed by atoms with E-state index in [-0.39, 0.29) is 5.91 Å². The Labute approximate surface area is 123 Å². The molecule has 5 heteroatoms. The molecule has 0 radical (unpaired) electrons. The van der Waals surface area contributed by atoms with Crippen molar-refractivity contribution in [1.82, 2.24) is 15.1 Å². The molecule has 0 aliphatic carbocycles. The first-order valence-electron chi connectivity index (χ1n) is 7.76. The molecule has 1 saturated heterocycles. The minimum absolute atomic E-state index is 0.260. The molecule has 0 aromatic rings. The number of nitrogens with one attached hydrogen (secondary N) is 1. The molecule has 1 atom stereocenters. The molecule has 118 valence electrons. The molecule has 1 heterocycles. The predicted octanol–water partition coefficient (Wildman–Crippen LogP) is 0.646. The van der Waals surface area contributed by atoms with E-state index in [2.05, 4.69) is 29.2 Å². The second-order valence-corrected chi connectivity index (χ2v) is 6.42. The summed E-state index contributed by atoms with van der Waals surface area (Å²) in [5.74, 6) is -0.260. The molecule has 0 bridgehead atoms. The molecular formula is C15H32N4O. The third kappa shape index (κ3) is 5.04. The van der Waals surface area contributed by atoms with Crippen LogP contribution >= 0.6 is 0 Å². The Morgan fingerprint density at radius 3 is 2.50 bits per heavy atom. The maximum Gasteiger partial charge on any atom is 0.237 e. The SMILES string of the molecule is CNC(C)(CCCCN(C)C1CCN(C)CC1)C(N)=O. The number of carbonyl (C=O) groups is 1. The summed E-state index contributed by atoms with van der Waals surface area (Å²) in [6.07, 6.45) is 5.48. The summed E-state index contributed by atoms with van der Waals surface area (Å²) in [4.78, 5) is 16.3. The van der Waals surface area contributed by atoms with E-state index in [1.165, 1.54) is 25.9 Å². The molecule has 1 amide bonds. The molecule has 0 aromatic heterocycles. The highest BCUT2D eigenvalue weighted by molar-refractivity contribution is 5.84. The van der Waals surface area contributed by atoms with Crippen molar-refractivity contribution in [2.24, 2.45) is 5.73 Å². The average molecular weight is 284 g/mol. The lowest BCUT2D eigenvalue weighted by Gasteiger charge is -2.35. The van der Waals surface area contributed by atoms with Gasteiger partial charge in [0.05, 0.1) is 5.54 Å². The molecule has 1 rings (SSSR count). The second-order valence-electron chi connectivity index (χ2n) is 6.42. The Kier molecular flexibility index (Phi) is 6.92. The van der Waals surface area contributed by atoms with Crippen LogP contribution in [-0.4, -0.2) is 68.1 Å². The Balaban J connectivity index is 2.22. The van der Waals surface area contributed by atoms with Gasteiger partial charge in [-0.25, -0.2) is 0 Å². The van der Waals surface area contributed by atoms with Crippen molar-refractivity contribution in [3.63, 3.8) is 0 Å². The lowest BCUT2D eigenvalue weighted by atomic mass is 9.94. The van der Waals surface area contributed by atoms with Crippen LogP contribution in [0.3, 0.4) is 0 Å². The maximum atomic E-state index is 11.4. The van der Waals surface area contributed by atoms with Crippen LogP contribution in [0.4, 0.5) is 0 Å². The average Bonchev–Trinajstić information content (AvgIpc) is 2.43. The van der Waals surface area contributed by atoms with Gasteiger partial charge in [0.15, 0.2) is 0 Å². The normalized spacial score (nSPS) is 21.1. The van der Waals surface area contributed by atoms with E-state index in [9.17, 15) is 4.79 Å². The van der Waals surface area contributed by atoms with Gasteiger partial charge in [-0.05, 0) is 79.8 Å². The van der Waals surface area contributed by atoms with Crippen molar-refractivity contribution in [3.8, 4) is 0 Å².